The average molecular weight is 398 g/mol. The molecule has 9 heteroatoms. The van der Waals surface area contributed by atoms with Crippen molar-refractivity contribution in [2.24, 2.45) is 0 Å². The van der Waals surface area contributed by atoms with Crippen LogP contribution in [0.2, 0.25) is 0 Å². The van der Waals surface area contributed by atoms with Gasteiger partial charge in [0.05, 0.1) is 5.69 Å². The number of pyridine rings is 1. The highest BCUT2D eigenvalue weighted by Crippen LogP contribution is 2.26. The lowest BCUT2D eigenvalue weighted by Crippen LogP contribution is -2.20. The highest BCUT2D eigenvalue weighted by atomic mass is 19.1. The second kappa shape index (κ2) is 8.79. The van der Waals surface area contributed by atoms with Gasteiger partial charge in [-0.25, -0.2) is 13.6 Å². The van der Waals surface area contributed by atoms with Gasteiger partial charge in [-0.2, -0.15) is 0 Å². The molecule has 3 N–H and O–H groups in total. The minimum absolute atomic E-state index is 0.0907. The normalized spacial score (nSPS) is 10.2. The van der Waals surface area contributed by atoms with Gasteiger partial charge in [-0.15, -0.1) is 0 Å². The summed E-state index contributed by atoms with van der Waals surface area (Å²) in [5.41, 5.74) is 0.289. The van der Waals surface area contributed by atoms with Gasteiger partial charge < -0.3 is 20.7 Å². The maximum Gasteiger partial charge on any atom is 0.323 e. The van der Waals surface area contributed by atoms with Crippen LogP contribution in [-0.2, 0) is 0 Å². The Hall–Kier alpha value is -4.01. The van der Waals surface area contributed by atoms with Crippen LogP contribution in [0.15, 0.2) is 60.8 Å². The Morgan fingerprint density at radius 3 is 2.48 bits per heavy atom. The Morgan fingerprint density at radius 1 is 0.966 bits per heavy atom. The van der Waals surface area contributed by atoms with E-state index >= 15 is 0 Å². The summed E-state index contributed by atoms with van der Waals surface area (Å²) in [4.78, 5) is 27.5. The predicted octanol–water partition coefficient (Wildman–Crippen LogP) is 4.16. The minimum Gasteiger partial charge on any atom is -0.457 e. The van der Waals surface area contributed by atoms with Crippen LogP contribution in [0.4, 0.5) is 25.0 Å². The number of benzene rings is 2. The molecule has 0 saturated heterocycles. The number of hydrogen-bond acceptors (Lipinski definition) is 4. The first kappa shape index (κ1) is 19.7. The van der Waals surface area contributed by atoms with Crippen molar-refractivity contribution in [3.05, 3.63) is 78.1 Å². The predicted molar refractivity (Wildman–Crippen MR) is 103 cm³/mol. The van der Waals surface area contributed by atoms with E-state index in [0.29, 0.717) is 5.75 Å². The molecule has 3 amide bonds. The van der Waals surface area contributed by atoms with Crippen LogP contribution in [0.5, 0.6) is 11.5 Å². The number of rotatable bonds is 5. The minimum atomic E-state index is -0.738. The number of nitrogens with one attached hydrogen (secondary N) is 3. The fraction of sp³-hybridized carbons (Fsp3) is 0.0500. The molecule has 1 aromatic heterocycles. The van der Waals surface area contributed by atoms with Crippen molar-refractivity contribution in [2.75, 3.05) is 17.7 Å². The lowest BCUT2D eigenvalue weighted by molar-refractivity contribution is 0.0958. The quantitative estimate of drug-likeness (QED) is 0.602. The van der Waals surface area contributed by atoms with E-state index in [2.05, 4.69) is 20.9 Å². The molecule has 1 heterocycles. The maximum absolute atomic E-state index is 14.3. The molecule has 0 spiro atoms. The first-order valence-corrected chi connectivity index (χ1v) is 8.44. The number of ether oxygens (including phenoxy) is 1. The first-order chi connectivity index (χ1) is 13.9. The van der Waals surface area contributed by atoms with E-state index in [-0.39, 0.29) is 28.7 Å². The number of carbonyl (C=O) groups is 2. The number of aromatic nitrogens is 1. The average Bonchev–Trinajstić information content (AvgIpc) is 2.69. The number of nitrogens with zero attached hydrogens (tertiary/aromatic N) is 1. The van der Waals surface area contributed by atoms with Crippen LogP contribution in [0.25, 0.3) is 0 Å². The smallest absolute Gasteiger partial charge is 0.323 e. The van der Waals surface area contributed by atoms with E-state index in [9.17, 15) is 18.4 Å². The summed E-state index contributed by atoms with van der Waals surface area (Å²) in [5, 5.41) is 7.18. The lowest BCUT2D eigenvalue weighted by Gasteiger charge is -2.11. The van der Waals surface area contributed by atoms with Crippen molar-refractivity contribution in [1.29, 1.82) is 0 Å². The summed E-state index contributed by atoms with van der Waals surface area (Å²) < 4.78 is 33.0. The Kier molecular flexibility index (Phi) is 5.98. The third kappa shape index (κ3) is 5.25. The van der Waals surface area contributed by atoms with Crippen LogP contribution in [0.3, 0.4) is 0 Å². The molecule has 3 aromatic rings. The number of carbonyl (C=O) groups excluding carboxylic acids is 2. The number of amides is 3. The highest BCUT2D eigenvalue weighted by Gasteiger charge is 2.11. The first-order valence-electron chi connectivity index (χ1n) is 8.44. The molecule has 0 saturated carbocycles. The van der Waals surface area contributed by atoms with E-state index in [0.717, 1.165) is 12.1 Å². The molecule has 7 nitrogen and oxygen atoms in total. The Labute approximate surface area is 164 Å². The van der Waals surface area contributed by atoms with Gasteiger partial charge in [0.25, 0.3) is 5.91 Å². The summed E-state index contributed by atoms with van der Waals surface area (Å²) in [6.45, 7) is 0. The summed E-state index contributed by atoms with van der Waals surface area (Å²) in [7, 11) is 1.48. The zero-order chi connectivity index (χ0) is 20.8. The molecule has 0 aliphatic rings. The van der Waals surface area contributed by atoms with Crippen LogP contribution in [-0.4, -0.2) is 24.0 Å². The van der Waals surface area contributed by atoms with E-state index in [1.54, 1.807) is 0 Å². The van der Waals surface area contributed by atoms with Gasteiger partial charge in [-0.3, -0.25) is 9.78 Å². The Bertz CT molecular complexity index is 1060. The maximum atomic E-state index is 14.3. The van der Waals surface area contributed by atoms with Crippen LogP contribution in [0.1, 0.15) is 10.5 Å². The summed E-state index contributed by atoms with van der Waals surface area (Å²) >= 11 is 0. The van der Waals surface area contributed by atoms with Crippen molar-refractivity contribution in [2.45, 2.75) is 0 Å². The van der Waals surface area contributed by atoms with Gasteiger partial charge >= 0.3 is 6.03 Å². The zero-order valence-corrected chi connectivity index (χ0v) is 15.2. The number of anilines is 2. The van der Waals surface area contributed by atoms with E-state index in [4.69, 9.17) is 4.74 Å². The summed E-state index contributed by atoms with van der Waals surface area (Å²) in [6.07, 6.45) is 1.39. The van der Waals surface area contributed by atoms with E-state index in [1.165, 1.54) is 55.7 Å². The molecule has 0 radical (unpaired) electrons. The third-order valence-electron chi connectivity index (χ3n) is 3.70. The fourth-order valence-corrected chi connectivity index (χ4v) is 2.37. The van der Waals surface area contributed by atoms with Crippen LogP contribution < -0.4 is 20.7 Å². The monoisotopic (exact) mass is 398 g/mol. The van der Waals surface area contributed by atoms with Crippen molar-refractivity contribution in [3.8, 4) is 11.5 Å². The number of hydrogen-bond donors (Lipinski definition) is 3. The highest BCUT2D eigenvalue weighted by molar-refractivity contribution is 5.99. The van der Waals surface area contributed by atoms with Gasteiger partial charge in [0, 0.05) is 31.1 Å². The second-order valence-electron chi connectivity index (χ2n) is 5.79. The molecule has 0 aliphatic carbocycles. The van der Waals surface area contributed by atoms with Crippen molar-refractivity contribution < 1.29 is 23.1 Å². The summed E-state index contributed by atoms with van der Waals surface area (Å²) in [5.74, 6) is -1.18. The fourth-order valence-electron chi connectivity index (χ4n) is 2.37. The zero-order valence-electron chi connectivity index (χ0n) is 15.2. The molecule has 0 unspecified atom stereocenters. The van der Waals surface area contributed by atoms with E-state index < -0.39 is 17.7 Å². The molecule has 3 rings (SSSR count). The molecular formula is C20H16F2N4O3. The standard InChI is InChI=1S/C20H16F2N4O3/c1-23-19(27)18-11-15(7-8-24-18)29-14-5-6-17(16(22)10-14)26-20(28)25-13-4-2-3-12(21)9-13/h2-11H,1H3,(H,23,27)(H2,25,26,28). The van der Waals surface area contributed by atoms with Crippen molar-refractivity contribution in [1.82, 2.24) is 10.3 Å². The van der Waals surface area contributed by atoms with Gasteiger partial charge in [0.2, 0.25) is 0 Å². The third-order valence-corrected chi connectivity index (χ3v) is 3.70. The van der Waals surface area contributed by atoms with Gasteiger partial charge in [-0.05, 0) is 36.4 Å². The Balaban J connectivity index is 1.67. The van der Waals surface area contributed by atoms with Gasteiger partial charge in [0.15, 0.2) is 0 Å². The van der Waals surface area contributed by atoms with Crippen LogP contribution in [0, 0.1) is 11.6 Å². The largest absolute Gasteiger partial charge is 0.457 e. The van der Waals surface area contributed by atoms with Gasteiger partial charge in [-0.1, -0.05) is 6.07 Å². The SMILES string of the molecule is CNC(=O)c1cc(Oc2ccc(NC(=O)Nc3cccc(F)c3)c(F)c2)ccn1. The molecule has 0 bridgehead atoms. The van der Waals surface area contributed by atoms with Crippen molar-refractivity contribution in [3.63, 3.8) is 0 Å². The Morgan fingerprint density at radius 2 is 1.76 bits per heavy atom. The van der Waals surface area contributed by atoms with Gasteiger partial charge in [0.1, 0.15) is 28.8 Å². The molecular weight excluding hydrogens is 382 g/mol. The molecule has 0 fully saturated rings. The number of urea groups is 1. The molecule has 0 aliphatic heterocycles. The molecule has 2 aromatic carbocycles. The molecule has 29 heavy (non-hydrogen) atoms. The summed E-state index contributed by atoms with van der Waals surface area (Å²) in [6, 6.07) is 11.3. The molecule has 148 valence electrons. The molecule has 0 atom stereocenters. The number of halogens is 2. The topological polar surface area (TPSA) is 92.4 Å². The second-order valence-corrected chi connectivity index (χ2v) is 5.79. The van der Waals surface area contributed by atoms with Crippen molar-refractivity contribution >= 4 is 23.3 Å². The van der Waals surface area contributed by atoms with E-state index in [1.807, 2.05) is 0 Å². The van der Waals surface area contributed by atoms with Crippen LogP contribution >= 0.6 is 0 Å². The lowest BCUT2D eigenvalue weighted by atomic mass is 10.2.